The Balaban J connectivity index is 2.32. The van der Waals surface area contributed by atoms with E-state index in [1.807, 2.05) is 0 Å². The lowest BCUT2D eigenvalue weighted by atomic mass is 10.2. The van der Waals surface area contributed by atoms with Crippen LogP contribution in [0.25, 0.3) is 0 Å². The van der Waals surface area contributed by atoms with Crippen molar-refractivity contribution in [2.75, 3.05) is 6.61 Å². The molecule has 4 heteroatoms. The molecule has 0 amide bonds. The summed E-state index contributed by atoms with van der Waals surface area (Å²) >= 11 is 1.56. The zero-order chi connectivity index (χ0) is 8.55. The van der Waals surface area contributed by atoms with Gasteiger partial charge >= 0.3 is 0 Å². The number of nitrogens with zero attached hydrogens (tertiary/aromatic N) is 1. The second-order valence-electron chi connectivity index (χ2n) is 2.90. The van der Waals surface area contributed by atoms with Crippen molar-refractivity contribution < 1.29 is 9.84 Å². The highest BCUT2D eigenvalue weighted by atomic mass is 32.1. The van der Waals surface area contributed by atoms with E-state index in [1.54, 1.807) is 18.3 Å². The number of aliphatic hydroxyl groups is 1. The second-order valence-corrected chi connectivity index (χ2v) is 4.02. The third-order valence-electron chi connectivity index (χ3n) is 1.87. The lowest BCUT2D eigenvalue weighted by molar-refractivity contribution is 0.112. The van der Waals surface area contributed by atoms with E-state index in [1.165, 1.54) is 4.88 Å². The number of hydrogen-bond acceptors (Lipinski definition) is 4. The third kappa shape index (κ3) is 1.37. The molecule has 1 unspecified atom stereocenters. The maximum absolute atomic E-state index is 9.28. The summed E-state index contributed by atoms with van der Waals surface area (Å²) in [5.41, 5.74) is 1.11. The molecule has 1 aromatic rings. The Hall–Kier alpha value is -0.450. The summed E-state index contributed by atoms with van der Waals surface area (Å²) in [5.74, 6) is 0. The lowest BCUT2D eigenvalue weighted by Crippen LogP contribution is -2.07. The molecule has 3 nitrogen and oxygen atoms in total. The fourth-order valence-electron chi connectivity index (χ4n) is 1.22. The van der Waals surface area contributed by atoms with Crippen molar-refractivity contribution in [3.8, 4) is 0 Å². The summed E-state index contributed by atoms with van der Waals surface area (Å²) in [6, 6.07) is 0. The zero-order valence-corrected chi connectivity index (χ0v) is 7.73. The number of thiazole rings is 1. The van der Waals surface area contributed by atoms with E-state index in [4.69, 9.17) is 4.74 Å². The Labute approximate surface area is 75.0 Å². The van der Waals surface area contributed by atoms with Crippen LogP contribution in [0.1, 0.15) is 28.6 Å². The van der Waals surface area contributed by atoms with Gasteiger partial charge in [-0.2, -0.15) is 0 Å². The van der Waals surface area contributed by atoms with E-state index >= 15 is 0 Å². The smallest absolute Gasteiger partial charge is 0.122 e. The zero-order valence-electron chi connectivity index (χ0n) is 6.91. The number of fused-ring (bicyclic) bond motifs is 1. The number of hydrogen-bond donors (Lipinski definition) is 1. The molecule has 0 aromatic carbocycles. The van der Waals surface area contributed by atoms with E-state index < -0.39 is 6.10 Å². The average Bonchev–Trinajstić information content (AvgIpc) is 2.46. The highest BCUT2D eigenvalue weighted by Gasteiger charge is 2.17. The molecule has 0 bridgehead atoms. The Morgan fingerprint density at radius 3 is 3.17 bits per heavy atom. The standard InChI is InChI=1S/C8H11NO2S/c1-5(10)8-9-6-2-3-11-4-7(6)12-8/h5,10H,2-4H2,1H3. The van der Waals surface area contributed by atoms with Crippen molar-refractivity contribution in [3.05, 3.63) is 15.6 Å². The van der Waals surface area contributed by atoms with Crippen molar-refractivity contribution in [1.82, 2.24) is 4.98 Å². The summed E-state index contributed by atoms with van der Waals surface area (Å²) < 4.78 is 5.28. The van der Waals surface area contributed by atoms with Crippen LogP contribution in [0.4, 0.5) is 0 Å². The fourth-order valence-corrected chi connectivity index (χ4v) is 2.21. The summed E-state index contributed by atoms with van der Waals surface area (Å²) in [7, 11) is 0. The van der Waals surface area contributed by atoms with Crippen molar-refractivity contribution in [2.24, 2.45) is 0 Å². The molecule has 0 spiro atoms. The maximum atomic E-state index is 9.28. The lowest BCUT2D eigenvalue weighted by Gasteiger charge is -2.08. The van der Waals surface area contributed by atoms with Crippen LogP contribution in [0.15, 0.2) is 0 Å². The first-order valence-corrected chi connectivity index (χ1v) is 4.83. The van der Waals surface area contributed by atoms with Crippen LogP contribution in [0.3, 0.4) is 0 Å². The molecule has 1 N–H and O–H groups in total. The molecule has 0 saturated carbocycles. The van der Waals surface area contributed by atoms with Crippen LogP contribution in [0.2, 0.25) is 0 Å². The minimum Gasteiger partial charge on any atom is -0.386 e. The first-order chi connectivity index (χ1) is 5.77. The van der Waals surface area contributed by atoms with Gasteiger partial charge in [-0.15, -0.1) is 11.3 Å². The summed E-state index contributed by atoms with van der Waals surface area (Å²) in [6.07, 6.45) is 0.444. The van der Waals surface area contributed by atoms with Gasteiger partial charge in [0.05, 0.1) is 23.8 Å². The van der Waals surface area contributed by atoms with Crippen LogP contribution in [-0.4, -0.2) is 16.7 Å². The van der Waals surface area contributed by atoms with Gasteiger partial charge in [0.25, 0.3) is 0 Å². The molecule has 1 aliphatic heterocycles. The molecule has 2 rings (SSSR count). The van der Waals surface area contributed by atoms with Crippen molar-refractivity contribution >= 4 is 11.3 Å². The monoisotopic (exact) mass is 185 g/mol. The summed E-state index contributed by atoms with van der Waals surface area (Å²) in [5, 5.41) is 10.1. The largest absolute Gasteiger partial charge is 0.386 e. The first kappa shape index (κ1) is 8.16. The minimum atomic E-state index is -0.444. The Morgan fingerprint density at radius 1 is 1.67 bits per heavy atom. The average molecular weight is 185 g/mol. The third-order valence-corrected chi connectivity index (χ3v) is 3.11. The molecular weight excluding hydrogens is 174 g/mol. The van der Waals surface area contributed by atoms with E-state index in [0.717, 1.165) is 23.7 Å². The molecular formula is C8H11NO2S. The highest BCUT2D eigenvalue weighted by molar-refractivity contribution is 7.11. The molecule has 0 radical (unpaired) electrons. The molecule has 0 aliphatic carbocycles. The molecule has 1 aliphatic rings. The SMILES string of the molecule is CC(O)c1nc2c(s1)COCC2. The Kier molecular flexibility index (Phi) is 2.12. The number of aromatic nitrogens is 1. The first-order valence-electron chi connectivity index (χ1n) is 4.01. The molecule has 12 heavy (non-hydrogen) atoms. The van der Waals surface area contributed by atoms with E-state index in [9.17, 15) is 5.11 Å². The van der Waals surface area contributed by atoms with Gasteiger partial charge in [-0.25, -0.2) is 4.98 Å². The quantitative estimate of drug-likeness (QED) is 0.716. The van der Waals surface area contributed by atoms with Gasteiger partial charge in [-0.1, -0.05) is 0 Å². The van der Waals surface area contributed by atoms with Crippen LogP contribution in [0.5, 0.6) is 0 Å². The van der Waals surface area contributed by atoms with Gasteiger partial charge in [0.1, 0.15) is 11.1 Å². The Bertz CT molecular complexity index is 259. The van der Waals surface area contributed by atoms with Crippen molar-refractivity contribution in [2.45, 2.75) is 26.1 Å². The van der Waals surface area contributed by atoms with Crippen LogP contribution in [0, 0.1) is 0 Å². The van der Waals surface area contributed by atoms with Gasteiger partial charge in [0, 0.05) is 6.42 Å². The van der Waals surface area contributed by atoms with E-state index in [2.05, 4.69) is 4.98 Å². The summed E-state index contributed by atoms with van der Waals surface area (Å²) in [4.78, 5) is 5.52. The Morgan fingerprint density at radius 2 is 2.50 bits per heavy atom. The maximum Gasteiger partial charge on any atom is 0.122 e. The molecule has 66 valence electrons. The number of ether oxygens (including phenoxy) is 1. The van der Waals surface area contributed by atoms with E-state index in [-0.39, 0.29) is 0 Å². The van der Waals surface area contributed by atoms with Crippen molar-refractivity contribution in [3.63, 3.8) is 0 Å². The van der Waals surface area contributed by atoms with Crippen LogP contribution in [-0.2, 0) is 17.8 Å². The topological polar surface area (TPSA) is 42.4 Å². The highest BCUT2D eigenvalue weighted by Crippen LogP contribution is 2.26. The molecule has 1 atom stereocenters. The molecule has 1 aromatic heterocycles. The minimum absolute atomic E-state index is 0.444. The predicted molar refractivity (Wildman–Crippen MR) is 46.1 cm³/mol. The van der Waals surface area contributed by atoms with Crippen molar-refractivity contribution in [1.29, 1.82) is 0 Å². The van der Waals surface area contributed by atoms with Gasteiger partial charge in [-0.3, -0.25) is 0 Å². The van der Waals surface area contributed by atoms with Gasteiger partial charge < -0.3 is 9.84 Å². The molecule has 0 saturated heterocycles. The van der Waals surface area contributed by atoms with E-state index in [0.29, 0.717) is 6.61 Å². The predicted octanol–water partition coefficient (Wildman–Crippen LogP) is 1.27. The fraction of sp³-hybridized carbons (Fsp3) is 0.625. The molecule has 2 heterocycles. The summed E-state index contributed by atoms with van der Waals surface area (Å²) in [6.45, 7) is 3.17. The van der Waals surface area contributed by atoms with Gasteiger partial charge in [0.15, 0.2) is 0 Å². The van der Waals surface area contributed by atoms with Gasteiger partial charge in [0.2, 0.25) is 0 Å². The van der Waals surface area contributed by atoms with Crippen LogP contribution < -0.4 is 0 Å². The van der Waals surface area contributed by atoms with Crippen LogP contribution >= 0.6 is 11.3 Å². The number of rotatable bonds is 1. The second kappa shape index (κ2) is 3.12. The number of aliphatic hydroxyl groups excluding tert-OH is 1. The normalized spacial score (nSPS) is 18.8. The molecule has 0 fully saturated rings. The van der Waals surface area contributed by atoms with Gasteiger partial charge in [-0.05, 0) is 6.92 Å².